The van der Waals surface area contributed by atoms with Crippen molar-refractivity contribution in [2.75, 3.05) is 36.5 Å². The third kappa shape index (κ3) is 3.41. The van der Waals surface area contributed by atoms with Gasteiger partial charge in [-0.05, 0) is 30.2 Å². The van der Waals surface area contributed by atoms with E-state index < -0.39 is 6.09 Å². The fourth-order valence-corrected chi connectivity index (χ4v) is 3.06. The number of cyclic esters (lactones) is 1. The van der Waals surface area contributed by atoms with Crippen LogP contribution in [0.4, 0.5) is 20.7 Å². The minimum atomic E-state index is -0.491. The molecule has 0 radical (unpaired) electrons. The van der Waals surface area contributed by atoms with Gasteiger partial charge in [0.25, 0.3) is 0 Å². The van der Waals surface area contributed by atoms with Crippen molar-refractivity contribution in [1.82, 2.24) is 5.16 Å². The first kappa shape index (κ1) is 16.6. The number of rotatable bonds is 5. The van der Waals surface area contributed by atoms with Crippen LogP contribution in [0.25, 0.3) is 5.57 Å². The van der Waals surface area contributed by atoms with E-state index in [1.165, 1.54) is 17.2 Å². The van der Waals surface area contributed by atoms with Gasteiger partial charge in [0.05, 0.1) is 32.0 Å². The van der Waals surface area contributed by atoms with Crippen LogP contribution in [-0.2, 0) is 9.47 Å². The molecular weight excluding hydrogens is 341 g/mol. The predicted molar refractivity (Wildman–Crippen MR) is 92.4 cm³/mol. The van der Waals surface area contributed by atoms with E-state index in [9.17, 15) is 9.18 Å². The number of halogens is 1. The minimum absolute atomic E-state index is 0.332. The lowest BCUT2D eigenvalue weighted by Crippen LogP contribution is -2.27. The third-order valence-corrected chi connectivity index (χ3v) is 4.40. The molecule has 8 heteroatoms. The molecule has 2 aliphatic rings. The zero-order valence-corrected chi connectivity index (χ0v) is 14.0. The van der Waals surface area contributed by atoms with Crippen LogP contribution in [0.5, 0.6) is 0 Å². The number of nitrogens with one attached hydrogen (secondary N) is 1. The molecule has 0 spiro atoms. The third-order valence-electron chi connectivity index (χ3n) is 4.40. The zero-order valence-electron chi connectivity index (χ0n) is 14.0. The molecule has 1 aromatic carbocycles. The molecule has 1 atom stereocenters. The number of nitrogens with zero attached hydrogens (tertiary/aromatic N) is 2. The van der Waals surface area contributed by atoms with Gasteiger partial charge in [0.1, 0.15) is 18.2 Å². The van der Waals surface area contributed by atoms with Crippen molar-refractivity contribution >= 4 is 23.2 Å². The summed E-state index contributed by atoms with van der Waals surface area (Å²) in [5.41, 5.74) is 1.96. The molecule has 1 aromatic heterocycles. The van der Waals surface area contributed by atoms with Gasteiger partial charge in [0.15, 0.2) is 5.82 Å². The molecule has 7 nitrogen and oxygen atoms in total. The van der Waals surface area contributed by atoms with Gasteiger partial charge in [-0.3, -0.25) is 4.90 Å². The number of carbonyl (C=O) groups is 1. The summed E-state index contributed by atoms with van der Waals surface area (Å²) in [7, 11) is 0. The molecule has 2 aromatic rings. The van der Waals surface area contributed by atoms with Crippen molar-refractivity contribution in [2.45, 2.75) is 12.5 Å². The normalized spacial score (nSPS) is 20.0. The van der Waals surface area contributed by atoms with Gasteiger partial charge in [-0.2, -0.15) is 0 Å². The van der Waals surface area contributed by atoms with Crippen LogP contribution in [0.1, 0.15) is 12.0 Å². The second-order valence-corrected chi connectivity index (χ2v) is 6.10. The van der Waals surface area contributed by atoms with E-state index in [1.807, 2.05) is 6.08 Å². The highest BCUT2D eigenvalue weighted by atomic mass is 19.1. The van der Waals surface area contributed by atoms with Gasteiger partial charge < -0.3 is 19.3 Å². The number of aromatic nitrogens is 1. The summed E-state index contributed by atoms with van der Waals surface area (Å²) in [6.07, 6.45) is 3.16. The van der Waals surface area contributed by atoms with E-state index in [1.54, 1.807) is 18.2 Å². The highest BCUT2D eigenvalue weighted by Gasteiger charge is 2.32. The number of amides is 1. The van der Waals surface area contributed by atoms with Crippen molar-refractivity contribution in [3.05, 3.63) is 48.0 Å². The fourth-order valence-electron chi connectivity index (χ4n) is 3.06. The fraction of sp³-hybridized carbons (Fsp3) is 0.333. The van der Waals surface area contributed by atoms with E-state index in [0.29, 0.717) is 49.8 Å². The maximum Gasteiger partial charge on any atom is 0.414 e. The van der Waals surface area contributed by atoms with Crippen molar-refractivity contribution < 1.29 is 23.2 Å². The zero-order chi connectivity index (χ0) is 17.9. The Balaban J connectivity index is 1.44. The summed E-state index contributed by atoms with van der Waals surface area (Å²) in [6.45, 7) is 1.81. The van der Waals surface area contributed by atoms with Crippen LogP contribution in [0.3, 0.4) is 0 Å². The van der Waals surface area contributed by atoms with Crippen LogP contribution >= 0.6 is 0 Å². The second kappa shape index (κ2) is 7.17. The predicted octanol–water partition coefficient (Wildman–Crippen LogP) is 3.05. The molecular formula is C18H18FN3O4. The molecule has 1 saturated heterocycles. The van der Waals surface area contributed by atoms with Crippen LogP contribution in [0, 0.1) is 5.82 Å². The Labute approximate surface area is 149 Å². The maximum absolute atomic E-state index is 14.6. The molecule has 1 amide bonds. The maximum atomic E-state index is 14.6. The average Bonchev–Trinajstić information content (AvgIpc) is 3.30. The van der Waals surface area contributed by atoms with Crippen molar-refractivity contribution in [2.24, 2.45) is 0 Å². The van der Waals surface area contributed by atoms with Crippen LogP contribution in [0.15, 0.2) is 41.1 Å². The number of ether oxygens (including phenoxy) is 2. The van der Waals surface area contributed by atoms with Crippen molar-refractivity contribution in [3.63, 3.8) is 0 Å². The van der Waals surface area contributed by atoms with Gasteiger partial charge in [-0.1, -0.05) is 11.2 Å². The minimum Gasteiger partial charge on any atom is -0.442 e. The summed E-state index contributed by atoms with van der Waals surface area (Å²) >= 11 is 0. The van der Waals surface area contributed by atoms with Crippen molar-refractivity contribution in [1.29, 1.82) is 0 Å². The molecule has 1 fully saturated rings. The standard InChI is InChI=1S/C18H18FN3O4/c19-16-9-13(1-2-15(16)12-3-6-24-7-4-12)22-11-14(26-18(22)23)10-20-17-5-8-25-21-17/h1-3,5,8-9,14H,4,6-7,10-11H2,(H,20,21). The average molecular weight is 359 g/mol. The SMILES string of the molecule is O=C1OC(CNc2ccon2)CN1c1ccc(C2=CCOCC2)c(F)c1. The molecule has 1 unspecified atom stereocenters. The number of hydrogen-bond donors (Lipinski definition) is 1. The lowest BCUT2D eigenvalue weighted by atomic mass is 10.0. The van der Waals surface area contributed by atoms with Gasteiger partial charge in [-0.15, -0.1) is 0 Å². The Bertz CT molecular complexity index is 822. The Morgan fingerprint density at radius 2 is 2.27 bits per heavy atom. The van der Waals surface area contributed by atoms with Crippen LogP contribution < -0.4 is 10.2 Å². The molecule has 1 N–H and O–H groups in total. The largest absolute Gasteiger partial charge is 0.442 e. The Kier molecular flexibility index (Phi) is 4.57. The smallest absolute Gasteiger partial charge is 0.414 e. The first-order valence-electron chi connectivity index (χ1n) is 8.40. The monoisotopic (exact) mass is 359 g/mol. The first-order chi connectivity index (χ1) is 12.7. The highest BCUT2D eigenvalue weighted by molar-refractivity contribution is 5.90. The first-order valence-corrected chi connectivity index (χ1v) is 8.40. The molecule has 136 valence electrons. The molecule has 3 heterocycles. The van der Waals surface area contributed by atoms with E-state index >= 15 is 0 Å². The Morgan fingerprint density at radius 1 is 1.35 bits per heavy atom. The summed E-state index contributed by atoms with van der Waals surface area (Å²) < 4.78 is 29.9. The van der Waals surface area contributed by atoms with Crippen LogP contribution in [-0.4, -0.2) is 43.7 Å². The van der Waals surface area contributed by atoms with Gasteiger partial charge in [-0.25, -0.2) is 9.18 Å². The van der Waals surface area contributed by atoms with Crippen LogP contribution in [0.2, 0.25) is 0 Å². The summed E-state index contributed by atoms with van der Waals surface area (Å²) in [4.78, 5) is 13.6. The van der Waals surface area contributed by atoms with E-state index in [0.717, 1.165) is 5.57 Å². The Hall–Kier alpha value is -2.87. The summed E-state index contributed by atoms with van der Waals surface area (Å²) in [5.74, 6) is 0.215. The molecule has 26 heavy (non-hydrogen) atoms. The topological polar surface area (TPSA) is 76.8 Å². The second-order valence-electron chi connectivity index (χ2n) is 6.10. The molecule has 4 rings (SSSR count). The number of hydrogen-bond acceptors (Lipinski definition) is 6. The van der Waals surface area contributed by atoms with Gasteiger partial charge in [0, 0.05) is 11.6 Å². The van der Waals surface area contributed by atoms with Gasteiger partial charge in [0.2, 0.25) is 0 Å². The highest BCUT2D eigenvalue weighted by Crippen LogP contribution is 2.29. The van der Waals surface area contributed by atoms with E-state index in [-0.39, 0.29) is 11.9 Å². The van der Waals surface area contributed by atoms with Crippen molar-refractivity contribution in [3.8, 4) is 0 Å². The van der Waals surface area contributed by atoms with E-state index in [2.05, 4.69) is 10.5 Å². The molecule has 0 aliphatic carbocycles. The lowest BCUT2D eigenvalue weighted by molar-refractivity contribution is 0.147. The molecule has 0 bridgehead atoms. The molecule has 0 saturated carbocycles. The number of benzene rings is 1. The summed E-state index contributed by atoms with van der Waals surface area (Å²) in [5, 5.41) is 6.76. The summed E-state index contributed by atoms with van der Waals surface area (Å²) in [6, 6.07) is 6.49. The van der Waals surface area contributed by atoms with E-state index in [4.69, 9.17) is 14.0 Å². The Morgan fingerprint density at radius 3 is 3.00 bits per heavy atom. The molecule has 2 aliphatic heterocycles. The number of anilines is 2. The number of carbonyl (C=O) groups excluding carboxylic acids is 1. The lowest BCUT2D eigenvalue weighted by Gasteiger charge is -2.17. The quantitative estimate of drug-likeness (QED) is 0.884. The van der Waals surface area contributed by atoms with Gasteiger partial charge >= 0.3 is 6.09 Å².